The Morgan fingerprint density at radius 3 is 2.55 bits per heavy atom. The van der Waals surface area contributed by atoms with Crippen molar-refractivity contribution in [2.45, 2.75) is 32.6 Å². The minimum Gasteiger partial charge on any atom is -0.439 e. The number of benzene rings is 1. The molecule has 3 rings (SSSR count). The summed E-state index contributed by atoms with van der Waals surface area (Å²) in [5.74, 6) is 1.60. The summed E-state index contributed by atoms with van der Waals surface area (Å²) in [6.07, 6.45) is 2.34. The van der Waals surface area contributed by atoms with Gasteiger partial charge in [-0.05, 0) is 13.8 Å². The Hall–Kier alpha value is -1.65. The van der Waals surface area contributed by atoms with Gasteiger partial charge in [0.1, 0.15) is 0 Å². The van der Waals surface area contributed by atoms with Crippen LogP contribution in [0, 0.1) is 0 Å². The van der Waals surface area contributed by atoms with Crippen molar-refractivity contribution in [3.05, 3.63) is 42.4 Å². The lowest BCUT2D eigenvalue weighted by atomic mass is 10.2. The van der Waals surface area contributed by atoms with E-state index in [1.165, 1.54) is 0 Å². The van der Waals surface area contributed by atoms with Crippen LogP contribution < -0.4 is 0 Å². The largest absolute Gasteiger partial charge is 0.439 e. The molecule has 0 spiro atoms. The Kier molecular flexibility index (Phi) is 3.85. The van der Waals surface area contributed by atoms with Crippen LogP contribution in [0.2, 0.25) is 0 Å². The molecule has 2 aromatic rings. The second-order valence-corrected chi connectivity index (χ2v) is 5.44. The van der Waals surface area contributed by atoms with E-state index in [9.17, 15) is 0 Å². The van der Waals surface area contributed by atoms with Gasteiger partial charge < -0.3 is 9.15 Å². The van der Waals surface area contributed by atoms with Crippen LogP contribution in [0.15, 0.2) is 40.9 Å². The molecular weight excluding hydrogens is 252 g/mol. The molecule has 0 unspecified atom stereocenters. The van der Waals surface area contributed by atoms with Gasteiger partial charge in [-0.2, -0.15) is 0 Å². The van der Waals surface area contributed by atoms with Gasteiger partial charge in [0.05, 0.1) is 24.9 Å². The summed E-state index contributed by atoms with van der Waals surface area (Å²) >= 11 is 0. The molecule has 0 bridgehead atoms. The molecule has 0 saturated carbocycles. The van der Waals surface area contributed by atoms with E-state index in [0.29, 0.717) is 0 Å². The van der Waals surface area contributed by atoms with E-state index in [-0.39, 0.29) is 12.2 Å². The summed E-state index contributed by atoms with van der Waals surface area (Å²) in [5, 5.41) is 0. The highest BCUT2D eigenvalue weighted by Gasteiger charge is 2.23. The topological polar surface area (TPSA) is 38.5 Å². The Labute approximate surface area is 119 Å². The van der Waals surface area contributed by atoms with Crippen LogP contribution in [0.1, 0.15) is 19.7 Å². The Morgan fingerprint density at radius 2 is 1.85 bits per heavy atom. The van der Waals surface area contributed by atoms with E-state index < -0.39 is 0 Å². The highest BCUT2D eigenvalue weighted by atomic mass is 16.5. The molecule has 4 nitrogen and oxygen atoms in total. The normalized spacial score (nSPS) is 23.9. The second kappa shape index (κ2) is 5.77. The lowest BCUT2D eigenvalue weighted by molar-refractivity contribution is -0.0721. The average Bonchev–Trinajstić information content (AvgIpc) is 2.87. The van der Waals surface area contributed by atoms with Crippen LogP contribution in [0.25, 0.3) is 11.3 Å². The predicted octanol–water partition coefficient (Wildman–Crippen LogP) is 2.95. The van der Waals surface area contributed by atoms with Gasteiger partial charge in [0.25, 0.3) is 0 Å². The summed E-state index contributed by atoms with van der Waals surface area (Å²) in [5.41, 5.74) is 1.06. The van der Waals surface area contributed by atoms with Crippen LogP contribution in [-0.4, -0.2) is 35.2 Å². The number of rotatable bonds is 3. The van der Waals surface area contributed by atoms with Gasteiger partial charge in [0, 0.05) is 18.7 Å². The fourth-order valence-electron chi connectivity index (χ4n) is 2.72. The Balaban J connectivity index is 1.68. The highest BCUT2D eigenvalue weighted by molar-refractivity contribution is 5.55. The maximum Gasteiger partial charge on any atom is 0.209 e. The number of morpholine rings is 1. The number of hydrogen-bond acceptors (Lipinski definition) is 4. The van der Waals surface area contributed by atoms with Crippen molar-refractivity contribution in [3.8, 4) is 11.3 Å². The van der Waals surface area contributed by atoms with Gasteiger partial charge in [-0.1, -0.05) is 30.3 Å². The fraction of sp³-hybridized carbons (Fsp3) is 0.438. The maximum atomic E-state index is 5.85. The monoisotopic (exact) mass is 272 g/mol. The molecule has 1 saturated heterocycles. The maximum absolute atomic E-state index is 5.85. The first kappa shape index (κ1) is 13.3. The third kappa shape index (κ3) is 3.08. The lowest BCUT2D eigenvalue weighted by Gasteiger charge is -2.34. The van der Waals surface area contributed by atoms with E-state index in [4.69, 9.17) is 9.15 Å². The first-order chi connectivity index (χ1) is 9.70. The van der Waals surface area contributed by atoms with Crippen molar-refractivity contribution in [1.29, 1.82) is 0 Å². The number of hydrogen-bond donors (Lipinski definition) is 0. The summed E-state index contributed by atoms with van der Waals surface area (Å²) in [7, 11) is 0. The molecule has 2 heterocycles. The smallest absolute Gasteiger partial charge is 0.209 e. The molecule has 1 aliphatic heterocycles. The molecule has 0 aliphatic carbocycles. The Morgan fingerprint density at radius 1 is 1.15 bits per heavy atom. The van der Waals surface area contributed by atoms with Crippen molar-refractivity contribution >= 4 is 0 Å². The minimum absolute atomic E-state index is 0.266. The molecule has 2 atom stereocenters. The molecule has 1 aromatic carbocycles. The molecule has 4 heteroatoms. The van der Waals surface area contributed by atoms with Gasteiger partial charge >= 0.3 is 0 Å². The van der Waals surface area contributed by atoms with Crippen LogP contribution in [0.5, 0.6) is 0 Å². The fourth-order valence-corrected chi connectivity index (χ4v) is 2.72. The van der Waals surface area contributed by atoms with Crippen molar-refractivity contribution in [2.24, 2.45) is 0 Å². The quantitative estimate of drug-likeness (QED) is 0.861. The summed E-state index contributed by atoms with van der Waals surface area (Å²) < 4.78 is 11.6. The summed E-state index contributed by atoms with van der Waals surface area (Å²) in [6.45, 7) is 6.80. The zero-order chi connectivity index (χ0) is 13.9. The van der Waals surface area contributed by atoms with Crippen molar-refractivity contribution in [3.63, 3.8) is 0 Å². The summed E-state index contributed by atoms with van der Waals surface area (Å²) in [6, 6.07) is 10.1. The van der Waals surface area contributed by atoms with Crippen molar-refractivity contribution in [2.75, 3.05) is 13.1 Å². The molecule has 0 radical (unpaired) electrons. The van der Waals surface area contributed by atoms with E-state index in [0.717, 1.165) is 36.8 Å². The molecule has 20 heavy (non-hydrogen) atoms. The van der Waals surface area contributed by atoms with Crippen molar-refractivity contribution < 1.29 is 9.15 Å². The average molecular weight is 272 g/mol. The van der Waals surface area contributed by atoms with Gasteiger partial charge in [-0.15, -0.1) is 0 Å². The molecule has 0 amide bonds. The third-order valence-electron chi connectivity index (χ3n) is 3.47. The SMILES string of the molecule is C[C@@H]1CN(Cc2ncc(-c3ccccc3)o2)C[C@@H](C)O1. The first-order valence-electron chi connectivity index (χ1n) is 7.08. The zero-order valence-corrected chi connectivity index (χ0v) is 12.0. The zero-order valence-electron chi connectivity index (χ0n) is 12.0. The number of aromatic nitrogens is 1. The number of ether oxygens (including phenoxy) is 1. The molecular formula is C16H20N2O2. The van der Waals surface area contributed by atoms with E-state index in [2.05, 4.69) is 23.7 Å². The van der Waals surface area contributed by atoms with Crippen LogP contribution in [0.4, 0.5) is 0 Å². The first-order valence-corrected chi connectivity index (χ1v) is 7.08. The summed E-state index contributed by atoms with van der Waals surface area (Å²) in [4.78, 5) is 6.72. The van der Waals surface area contributed by atoms with Crippen LogP contribution in [-0.2, 0) is 11.3 Å². The predicted molar refractivity (Wildman–Crippen MR) is 77.2 cm³/mol. The minimum atomic E-state index is 0.266. The van der Waals surface area contributed by atoms with E-state index in [1.807, 2.05) is 30.3 Å². The lowest BCUT2D eigenvalue weighted by Crippen LogP contribution is -2.44. The molecule has 1 aliphatic rings. The second-order valence-electron chi connectivity index (χ2n) is 5.44. The van der Waals surface area contributed by atoms with Gasteiger partial charge in [0.15, 0.2) is 5.76 Å². The molecule has 1 fully saturated rings. The Bertz CT molecular complexity index is 543. The number of nitrogens with zero attached hydrogens (tertiary/aromatic N) is 2. The van der Waals surface area contributed by atoms with E-state index >= 15 is 0 Å². The highest BCUT2D eigenvalue weighted by Crippen LogP contribution is 2.21. The molecule has 106 valence electrons. The third-order valence-corrected chi connectivity index (χ3v) is 3.47. The number of oxazole rings is 1. The van der Waals surface area contributed by atoms with Crippen molar-refractivity contribution in [1.82, 2.24) is 9.88 Å². The van der Waals surface area contributed by atoms with E-state index in [1.54, 1.807) is 6.20 Å². The molecule has 0 N–H and O–H groups in total. The van der Waals surface area contributed by atoms with Gasteiger partial charge in [-0.25, -0.2) is 4.98 Å². The standard InChI is InChI=1S/C16H20N2O2/c1-12-9-18(10-13(2)19-12)11-16-17-8-15(20-16)14-6-4-3-5-7-14/h3-8,12-13H,9-11H2,1-2H3/t12-,13-/m1/s1. The van der Waals surface area contributed by atoms with Crippen LogP contribution in [0.3, 0.4) is 0 Å². The van der Waals surface area contributed by atoms with Gasteiger partial charge in [0.2, 0.25) is 5.89 Å². The molecule has 1 aromatic heterocycles. The van der Waals surface area contributed by atoms with Crippen LogP contribution >= 0.6 is 0 Å². The van der Waals surface area contributed by atoms with Gasteiger partial charge in [-0.3, -0.25) is 4.90 Å².